The smallest absolute Gasteiger partial charge is 0.230 e. The Kier molecular flexibility index (Phi) is 5.07. The largest absolute Gasteiger partial charge is 0.351 e. The van der Waals surface area contributed by atoms with E-state index in [1.807, 2.05) is 30.3 Å². The molecule has 0 fully saturated rings. The normalized spacial score (nSPS) is 10.5. The van der Waals surface area contributed by atoms with Gasteiger partial charge in [-0.05, 0) is 17.7 Å². The standard InChI is InChI=1S/C16H16N6OS/c17-22-15(13-6-8-18-9-7-13)20-21-16(22)24-11-14(23)19-10-12-4-2-1-3-5-12/h1-9H,10-11,17H2,(H,19,23). The fourth-order valence-electron chi connectivity index (χ4n) is 2.05. The number of nitrogens with one attached hydrogen (secondary N) is 1. The third-order valence-electron chi connectivity index (χ3n) is 3.27. The topological polar surface area (TPSA) is 98.7 Å². The molecule has 0 radical (unpaired) electrons. The number of benzene rings is 1. The van der Waals surface area contributed by atoms with Crippen LogP contribution in [0.3, 0.4) is 0 Å². The highest BCUT2D eigenvalue weighted by Crippen LogP contribution is 2.20. The van der Waals surface area contributed by atoms with E-state index in [4.69, 9.17) is 5.84 Å². The van der Waals surface area contributed by atoms with Crippen molar-refractivity contribution < 1.29 is 4.79 Å². The maximum absolute atomic E-state index is 11.9. The highest BCUT2D eigenvalue weighted by molar-refractivity contribution is 7.99. The lowest BCUT2D eigenvalue weighted by Gasteiger charge is -2.05. The maximum Gasteiger partial charge on any atom is 0.230 e. The number of nitrogen functional groups attached to an aromatic ring is 1. The number of carbonyl (C=O) groups is 1. The highest BCUT2D eigenvalue weighted by Gasteiger charge is 2.13. The number of thioether (sulfide) groups is 1. The van der Waals surface area contributed by atoms with Crippen molar-refractivity contribution in [2.45, 2.75) is 11.7 Å². The Hall–Kier alpha value is -2.87. The molecule has 0 unspecified atom stereocenters. The summed E-state index contributed by atoms with van der Waals surface area (Å²) < 4.78 is 1.38. The zero-order chi connectivity index (χ0) is 16.8. The maximum atomic E-state index is 11.9. The van der Waals surface area contributed by atoms with Gasteiger partial charge >= 0.3 is 0 Å². The first-order valence-electron chi connectivity index (χ1n) is 7.28. The lowest BCUT2D eigenvalue weighted by Crippen LogP contribution is -2.25. The molecule has 1 amide bonds. The van der Waals surface area contributed by atoms with Gasteiger partial charge in [0.1, 0.15) is 0 Å². The lowest BCUT2D eigenvalue weighted by atomic mass is 10.2. The molecular formula is C16H16N6OS. The SMILES string of the molecule is Nn1c(SCC(=O)NCc2ccccc2)nnc1-c1ccncc1. The minimum atomic E-state index is -0.0858. The van der Waals surface area contributed by atoms with E-state index >= 15 is 0 Å². The molecule has 0 aliphatic heterocycles. The van der Waals surface area contributed by atoms with Gasteiger partial charge in [0.25, 0.3) is 0 Å². The molecule has 0 atom stereocenters. The molecule has 0 bridgehead atoms. The van der Waals surface area contributed by atoms with Crippen LogP contribution in [0.5, 0.6) is 0 Å². The molecule has 0 saturated carbocycles. The summed E-state index contributed by atoms with van der Waals surface area (Å²) in [5.74, 6) is 6.67. The summed E-state index contributed by atoms with van der Waals surface area (Å²) in [6, 6.07) is 13.3. The second kappa shape index (κ2) is 7.60. The number of rotatable bonds is 6. The minimum Gasteiger partial charge on any atom is -0.351 e. The monoisotopic (exact) mass is 340 g/mol. The van der Waals surface area contributed by atoms with Gasteiger partial charge in [0.15, 0.2) is 5.82 Å². The van der Waals surface area contributed by atoms with Crippen molar-refractivity contribution in [3.63, 3.8) is 0 Å². The van der Waals surface area contributed by atoms with E-state index in [1.165, 1.54) is 16.4 Å². The number of hydrogen-bond donors (Lipinski definition) is 2. The van der Waals surface area contributed by atoms with Crippen molar-refractivity contribution in [3.05, 3.63) is 60.4 Å². The molecule has 122 valence electrons. The Morgan fingerprint density at radius 3 is 2.62 bits per heavy atom. The molecule has 0 saturated heterocycles. The Bertz CT molecular complexity index is 806. The van der Waals surface area contributed by atoms with Crippen LogP contribution in [0.15, 0.2) is 60.0 Å². The number of nitrogens with two attached hydrogens (primary N) is 1. The molecule has 0 spiro atoms. The summed E-state index contributed by atoms with van der Waals surface area (Å²) in [6.45, 7) is 0.498. The van der Waals surface area contributed by atoms with Crippen LogP contribution in [0.1, 0.15) is 5.56 Å². The molecule has 2 heterocycles. The summed E-state index contributed by atoms with van der Waals surface area (Å²) in [4.78, 5) is 15.9. The third kappa shape index (κ3) is 3.90. The molecule has 1 aromatic carbocycles. The molecule has 2 aromatic heterocycles. The van der Waals surface area contributed by atoms with E-state index < -0.39 is 0 Å². The van der Waals surface area contributed by atoms with Crippen LogP contribution in [0.25, 0.3) is 11.4 Å². The van der Waals surface area contributed by atoms with E-state index in [1.54, 1.807) is 24.5 Å². The minimum absolute atomic E-state index is 0.0858. The van der Waals surface area contributed by atoms with Gasteiger partial charge in [0, 0.05) is 24.5 Å². The van der Waals surface area contributed by atoms with E-state index in [-0.39, 0.29) is 11.7 Å². The summed E-state index contributed by atoms with van der Waals surface area (Å²) in [6.07, 6.45) is 3.32. The summed E-state index contributed by atoms with van der Waals surface area (Å²) >= 11 is 1.24. The Morgan fingerprint density at radius 2 is 1.88 bits per heavy atom. The van der Waals surface area contributed by atoms with Crippen LogP contribution in [0, 0.1) is 0 Å². The van der Waals surface area contributed by atoms with Crippen molar-refractivity contribution in [1.29, 1.82) is 0 Å². The molecule has 24 heavy (non-hydrogen) atoms. The van der Waals surface area contributed by atoms with Crippen LogP contribution in [0.4, 0.5) is 0 Å². The average Bonchev–Trinajstić information content (AvgIpc) is 3.00. The first kappa shape index (κ1) is 16.0. The molecule has 8 heteroatoms. The number of hydrogen-bond acceptors (Lipinski definition) is 6. The second-order valence-electron chi connectivity index (χ2n) is 4.96. The number of nitrogens with zero attached hydrogens (tertiary/aromatic N) is 4. The van der Waals surface area contributed by atoms with Gasteiger partial charge < -0.3 is 11.2 Å². The quantitative estimate of drug-likeness (QED) is 0.521. The zero-order valence-electron chi connectivity index (χ0n) is 12.8. The molecule has 3 aromatic rings. The van der Waals surface area contributed by atoms with E-state index in [0.29, 0.717) is 17.5 Å². The van der Waals surface area contributed by atoms with Crippen molar-refractivity contribution in [3.8, 4) is 11.4 Å². The number of pyridine rings is 1. The number of aromatic nitrogens is 4. The van der Waals surface area contributed by atoms with Crippen LogP contribution < -0.4 is 11.2 Å². The van der Waals surface area contributed by atoms with Gasteiger partial charge in [0.05, 0.1) is 5.75 Å². The molecule has 0 aliphatic carbocycles. The Morgan fingerprint density at radius 1 is 1.12 bits per heavy atom. The zero-order valence-corrected chi connectivity index (χ0v) is 13.6. The Balaban J connectivity index is 1.55. The number of amides is 1. The van der Waals surface area contributed by atoms with Gasteiger partial charge in [0.2, 0.25) is 11.1 Å². The molecule has 3 N–H and O–H groups in total. The van der Waals surface area contributed by atoms with Crippen molar-refractivity contribution in [1.82, 2.24) is 25.2 Å². The third-order valence-corrected chi connectivity index (χ3v) is 4.21. The predicted octanol–water partition coefficient (Wildman–Crippen LogP) is 1.46. The number of carbonyl (C=O) groups excluding carboxylic acids is 1. The molecule has 0 aliphatic rings. The van der Waals surface area contributed by atoms with Gasteiger partial charge in [-0.15, -0.1) is 10.2 Å². The van der Waals surface area contributed by atoms with Gasteiger partial charge in [-0.2, -0.15) is 0 Å². The summed E-state index contributed by atoms with van der Waals surface area (Å²) in [5, 5.41) is 11.4. The van der Waals surface area contributed by atoms with Crippen molar-refractivity contribution >= 4 is 17.7 Å². The summed E-state index contributed by atoms with van der Waals surface area (Å²) in [5.41, 5.74) is 1.87. The van der Waals surface area contributed by atoms with E-state index in [0.717, 1.165) is 11.1 Å². The summed E-state index contributed by atoms with van der Waals surface area (Å²) in [7, 11) is 0. The van der Waals surface area contributed by atoms with Crippen molar-refractivity contribution in [2.75, 3.05) is 11.6 Å². The Labute approximate surface area is 143 Å². The van der Waals surface area contributed by atoms with Gasteiger partial charge in [-0.1, -0.05) is 42.1 Å². The second-order valence-corrected chi connectivity index (χ2v) is 5.91. The molecule has 3 rings (SSSR count). The van der Waals surface area contributed by atoms with E-state index in [2.05, 4.69) is 20.5 Å². The van der Waals surface area contributed by atoms with Gasteiger partial charge in [-0.25, -0.2) is 4.68 Å². The first-order chi connectivity index (χ1) is 11.7. The lowest BCUT2D eigenvalue weighted by molar-refractivity contribution is -0.118. The molecule has 7 nitrogen and oxygen atoms in total. The fraction of sp³-hybridized carbons (Fsp3) is 0.125. The van der Waals surface area contributed by atoms with Crippen molar-refractivity contribution in [2.24, 2.45) is 0 Å². The van der Waals surface area contributed by atoms with Crippen LogP contribution in [0.2, 0.25) is 0 Å². The first-order valence-corrected chi connectivity index (χ1v) is 8.27. The van der Waals surface area contributed by atoms with Crippen LogP contribution in [-0.2, 0) is 11.3 Å². The van der Waals surface area contributed by atoms with Gasteiger partial charge in [-0.3, -0.25) is 9.78 Å². The average molecular weight is 340 g/mol. The predicted molar refractivity (Wildman–Crippen MR) is 92.4 cm³/mol. The van der Waals surface area contributed by atoms with Crippen LogP contribution in [-0.4, -0.2) is 31.5 Å². The molecular weight excluding hydrogens is 324 g/mol. The van der Waals surface area contributed by atoms with Crippen LogP contribution >= 0.6 is 11.8 Å². The fourth-order valence-corrected chi connectivity index (χ4v) is 2.74. The highest BCUT2D eigenvalue weighted by atomic mass is 32.2. The van der Waals surface area contributed by atoms with E-state index in [9.17, 15) is 4.79 Å².